The summed E-state index contributed by atoms with van der Waals surface area (Å²) in [5.74, 6) is -0.660. The molecule has 3 nitrogen and oxygen atoms in total. The van der Waals surface area contributed by atoms with Gasteiger partial charge in [-0.25, -0.2) is 4.79 Å². The molecule has 0 bridgehead atoms. The summed E-state index contributed by atoms with van der Waals surface area (Å²) in [7, 11) is 0. The van der Waals surface area contributed by atoms with E-state index < -0.39 is 5.97 Å². The number of aliphatic carboxylic acids is 1. The molecule has 0 rings (SSSR count). The highest BCUT2D eigenvalue weighted by Gasteiger charge is 2.25. The molecule has 23 heavy (non-hydrogen) atoms. The maximum absolute atomic E-state index is 11.0. The van der Waals surface area contributed by atoms with Gasteiger partial charge in [-0.3, -0.25) is 0 Å². The molecular weight excluding hydrogens is 286 g/mol. The van der Waals surface area contributed by atoms with Gasteiger partial charge in [0.25, 0.3) is 0 Å². The lowest BCUT2D eigenvalue weighted by Crippen LogP contribution is -2.51. The van der Waals surface area contributed by atoms with Gasteiger partial charge in [-0.2, -0.15) is 0 Å². The topological polar surface area (TPSA) is 37.3 Å². The van der Waals surface area contributed by atoms with E-state index in [4.69, 9.17) is 5.11 Å². The monoisotopic (exact) mass is 328 g/mol. The number of unbranched alkanes of at least 4 members (excludes halogenated alkanes) is 11. The average Bonchev–Trinajstić information content (AvgIpc) is 2.54. The van der Waals surface area contributed by atoms with Crippen molar-refractivity contribution in [3.63, 3.8) is 0 Å². The van der Waals surface area contributed by atoms with E-state index in [9.17, 15) is 4.79 Å². The zero-order chi connectivity index (χ0) is 17.4. The van der Waals surface area contributed by atoms with Crippen molar-refractivity contribution in [1.29, 1.82) is 0 Å². The molecule has 0 fully saturated rings. The van der Waals surface area contributed by atoms with Crippen LogP contribution in [0.4, 0.5) is 0 Å². The van der Waals surface area contributed by atoms with E-state index in [0.717, 1.165) is 24.1 Å². The Balaban J connectivity index is 3.51. The van der Waals surface area contributed by atoms with Crippen LogP contribution >= 0.6 is 0 Å². The quantitative estimate of drug-likeness (QED) is 0.277. The minimum absolute atomic E-state index is 0.283. The highest BCUT2D eigenvalue weighted by molar-refractivity contribution is 5.67. The van der Waals surface area contributed by atoms with Gasteiger partial charge in [-0.05, 0) is 26.7 Å². The minimum Gasteiger partial charge on any atom is -0.477 e. The lowest BCUT2D eigenvalue weighted by Gasteiger charge is -2.35. The van der Waals surface area contributed by atoms with Gasteiger partial charge in [0.1, 0.15) is 0 Å². The second-order valence-electron chi connectivity index (χ2n) is 7.14. The molecule has 0 amide bonds. The van der Waals surface area contributed by atoms with E-state index in [1.165, 1.54) is 77.0 Å². The summed E-state index contributed by atoms with van der Waals surface area (Å²) < 4.78 is 0.743. The van der Waals surface area contributed by atoms with Crippen molar-refractivity contribution in [2.75, 3.05) is 26.2 Å². The average molecular weight is 329 g/mol. The molecule has 0 aliphatic heterocycles. The highest BCUT2D eigenvalue weighted by atomic mass is 16.4. The Bertz CT molecular complexity index is 275. The molecule has 0 atom stereocenters. The molecule has 0 spiro atoms. The predicted octanol–water partition coefficient (Wildman–Crippen LogP) is 5.63. The van der Waals surface area contributed by atoms with Gasteiger partial charge >= 0.3 is 5.97 Å². The van der Waals surface area contributed by atoms with Crippen LogP contribution in [0.3, 0.4) is 0 Å². The summed E-state index contributed by atoms with van der Waals surface area (Å²) in [6.45, 7) is 9.68. The Labute approximate surface area is 145 Å². The van der Waals surface area contributed by atoms with E-state index in [-0.39, 0.29) is 6.54 Å². The number of carboxylic acids is 1. The molecule has 3 heteroatoms. The number of rotatable bonds is 17. The molecular formula is C20H42NO2+. The van der Waals surface area contributed by atoms with Gasteiger partial charge in [-0.1, -0.05) is 71.1 Å². The molecule has 1 N–H and O–H groups in total. The summed E-state index contributed by atoms with van der Waals surface area (Å²) in [5.41, 5.74) is 0. The maximum Gasteiger partial charge on any atom is 0.359 e. The van der Waals surface area contributed by atoms with Crippen LogP contribution < -0.4 is 0 Å². The lowest BCUT2D eigenvalue weighted by molar-refractivity contribution is -0.918. The summed E-state index contributed by atoms with van der Waals surface area (Å²) in [4.78, 5) is 11.0. The smallest absolute Gasteiger partial charge is 0.359 e. The Kier molecular flexibility index (Phi) is 14.6. The van der Waals surface area contributed by atoms with Crippen LogP contribution in [0.15, 0.2) is 0 Å². The first-order chi connectivity index (χ1) is 11.1. The van der Waals surface area contributed by atoms with Crippen molar-refractivity contribution in [1.82, 2.24) is 0 Å². The Hall–Kier alpha value is -0.570. The van der Waals surface area contributed by atoms with E-state index in [1.807, 2.05) is 0 Å². The van der Waals surface area contributed by atoms with Crippen LogP contribution in [0.25, 0.3) is 0 Å². The largest absolute Gasteiger partial charge is 0.477 e. The van der Waals surface area contributed by atoms with Crippen molar-refractivity contribution in [2.45, 2.75) is 97.8 Å². The van der Waals surface area contributed by atoms with Crippen LogP contribution in [-0.4, -0.2) is 41.7 Å². The Morgan fingerprint density at radius 1 is 0.696 bits per heavy atom. The van der Waals surface area contributed by atoms with Crippen LogP contribution in [0, 0.1) is 0 Å². The van der Waals surface area contributed by atoms with Crippen molar-refractivity contribution in [3.8, 4) is 0 Å². The number of carboxylic acid groups (broad SMARTS) is 1. The predicted molar refractivity (Wildman–Crippen MR) is 99.8 cm³/mol. The molecule has 0 aromatic heterocycles. The normalized spacial score (nSPS) is 11.8. The summed E-state index contributed by atoms with van der Waals surface area (Å²) >= 11 is 0. The van der Waals surface area contributed by atoms with E-state index >= 15 is 0 Å². The molecule has 0 aliphatic carbocycles. The zero-order valence-electron chi connectivity index (χ0n) is 16.1. The SMILES string of the molecule is CCCCCCCCCCCCCC[N+](CC)(CC)CC(=O)O. The van der Waals surface area contributed by atoms with Gasteiger partial charge in [0.15, 0.2) is 6.54 Å². The minimum atomic E-state index is -0.660. The third-order valence-corrected chi connectivity index (χ3v) is 5.30. The molecule has 138 valence electrons. The molecule has 0 aromatic rings. The van der Waals surface area contributed by atoms with E-state index in [2.05, 4.69) is 20.8 Å². The molecule has 0 radical (unpaired) electrons. The van der Waals surface area contributed by atoms with E-state index in [0.29, 0.717) is 0 Å². The summed E-state index contributed by atoms with van der Waals surface area (Å²) in [5, 5.41) is 9.09. The van der Waals surface area contributed by atoms with Crippen LogP contribution in [0.5, 0.6) is 0 Å². The fourth-order valence-electron chi connectivity index (χ4n) is 3.42. The van der Waals surface area contributed by atoms with Gasteiger partial charge in [-0.15, -0.1) is 0 Å². The fourth-order valence-corrected chi connectivity index (χ4v) is 3.42. The molecule has 0 unspecified atom stereocenters. The number of carbonyl (C=O) groups is 1. The number of hydrogen-bond donors (Lipinski definition) is 1. The van der Waals surface area contributed by atoms with Gasteiger partial charge in [0.05, 0.1) is 19.6 Å². The van der Waals surface area contributed by atoms with E-state index in [1.54, 1.807) is 0 Å². The first kappa shape index (κ1) is 22.4. The Morgan fingerprint density at radius 2 is 1.09 bits per heavy atom. The lowest BCUT2D eigenvalue weighted by atomic mass is 10.0. The second-order valence-corrected chi connectivity index (χ2v) is 7.14. The third kappa shape index (κ3) is 12.5. The van der Waals surface area contributed by atoms with Gasteiger partial charge < -0.3 is 9.59 Å². The summed E-state index contributed by atoms with van der Waals surface area (Å²) in [6.07, 6.45) is 16.3. The van der Waals surface area contributed by atoms with Crippen molar-refractivity contribution in [3.05, 3.63) is 0 Å². The third-order valence-electron chi connectivity index (χ3n) is 5.30. The van der Waals surface area contributed by atoms with Crippen molar-refractivity contribution < 1.29 is 14.4 Å². The molecule has 0 aromatic carbocycles. The highest BCUT2D eigenvalue weighted by Crippen LogP contribution is 2.14. The van der Waals surface area contributed by atoms with Gasteiger partial charge in [0, 0.05) is 0 Å². The number of hydrogen-bond acceptors (Lipinski definition) is 1. The first-order valence-corrected chi connectivity index (χ1v) is 10.2. The number of quaternary nitrogens is 1. The second kappa shape index (κ2) is 15.0. The zero-order valence-corrected chi connectivity index (χ0v) is 16.1. The fraction of sp³-hybridized carbons (Fsp3) is 0.950. The van der Waals surface area contributed by atoms with Crippen molar-refractivity contribution >= 4 is 5.97 Å². The standard InChI is InChI=1S/C20H41NO2/c1-4-7-8-9-10-11-12-13-14-15-16-17-18-21(5-2,6-3)19-20(22)23/h4-19H2,1-3H3/p+1. The maximum atomic E-state index is 11.0. The van der Waals surface area contributed by atoms with Crippen molar-refractivity contribution in [2.24, 2.45) is 0 Å². The molecule has 0 heterocycles. The molecule has 0 saturated carbocycles. The molecule has 0 saturated heterocycles. The van der Waals surface area contributed by atoms with Gasteiger partial charge in [0.2, 0.25) is 0 Å². The van der Waals surface area contributed by atoms with Crippen LogP contribution in [0.2, 0.25) is 0 Å². The number of nitrogens with zero attached hydrogens (tertiary/aromatic N) is 1. The van der Waals surface area contributed by atoms with Crippen LogP contribution in [-0.2, 0) is 4.79 Å². The number of likely N-dealkylation sites (N-methyl/N-ethyl adjacent to an activating group) is 1. The summed E-state index contributed by atoms with van der Waals surface area (Å²) in [6, 6.07) is 0. The molecule has 0 aliphatic rings. The first-order valence-electron chi connectivity index (χ1n) is 10.2. The Morgan fingerprint density at radius 3 is 1.43 bits per heavy atom. The van der Waals surface area contributed by atoms with Crippen LogP contribution in [0.1, 0.15) is 97.8 Å².